The van der Waals surface area contributed by atoms with Crippen LogP contribution in [0.15, 0.2) is 116 Å². The molecule has 1 radical (unpaired) electrons. The topological polar surface area (TPSA) is 25.8 Å². The maximum atomic E-state index is 8.71. The molecule has 7 rings (SSSR count). The fourth-order valence-electron chi connectivity index (χ4n) is 5.90. The van der Waals surface area contributed by atoms with E-state index in [2.05, 4.69) is 120 Å². The molecule has 263 valence electrons. The number of fused-ring (bicyclic) bond motifs is 3. The van der Waals surface area contributed by atoms with Gasteiger partial charge in [0.15, 0.2) is 0 Å². The largest absolute Gasteiger partial charge is 0 e. The van der Waals surface area contributed by atoms with Crippen molar-refractivity contribution in [1.29, 1.82) is 0 Å². The van der Waals surface area contributed by atoms with Crippen LogP contribution in [0.3, 0.4) is 0 Å². The van der Waals surface area contributed by atoms with Gasteiger partial charge in [-0.15, -0.1) is 23.8 Å². The Morgan fingerprint density at radius 3 is 2.14 bits per heavy atom. The molecule has 0 saturated heterocycles. The Morgan fingerprint density at radius 1 is 0.765 bits per heavy atom. The van der Waals surface area contributed by atoms with Crippen LogP contribution in [0.1, 0.15) is 29.1 Å². The Morgan fingerprint density at radius 2 is 1.51 bits per heavy atom. The third-order valence-corrected chi connectivity index (χ3v) is 16.2. The Bertz CT molecular complexity index is 2320. The molecule has 3 aromatic heterocycles. The van der Waals surface area contributed by atoms with E-state index in [1.165, 1.54) is 36.2 Å². The van der Waals surface area contributed by atoms with Crippen LogP contribution in [0.25, 0.3) is 53.8 Å². The minimum atomic E-state index is -1.72. The molecule has 0 aliphatic carbocycles. The normalized spacial score (nSPS) is 12.8. The third kappa shape index (κ3) is 9.63. The average Bonchev–Trinajstić information content (AvgIpc) is 3.49. The molecule has 0 aliphatic rings. The molecule has 0 aliphatic heterocycles. The molecule has 0 bridgehead atoms. The van der Waals surface area contributed by atoms with Gasteiger partial charge in [-0.3, -0.25) is 0 Å². The van der Waals surface area contributed by atoms with Crippen LogP contribution >= 0.6 is 11.3 Å². The van der Waals surface area contributed by atoms with Gasteiger partial charge in [-0.05, 0) is 50.8 Å². The summed E-state index contributed by atoms with van der Waals surface area (Å²) in [6.07, 6.45) is 2.28. The SMILES string of the molecule is [2H]C([2H])(c1ccnc(-c2[c-]ccc3c2sc2cc(-c4ccc([Si](C)(C)C)cc4)ccc23)c1)C(C)(C)C.[CH3][Ge]([CH3])([CH3])[c]1ccc(-c2[c-]cccc2)nc1.[Ir]. The van der Waals surface area contributed by atoms with Gasteiger partial charge in [0, 0.05) is 33.7 Å². The summed E-state index contributed by atoms with van der Waals surface area (Å²) >= 11 is 0.0442. The predicted octanol–water partition coefficient (Wildman–Crippen LogP) is 11.8. The van der Waals surface area contributed by atoms with Gasteiger partial charge in [-0.25, -0.2) is 0 Å². The molecular formula is C45H48GeIrN2SSi-2. The number of rotatable bonds is 6. The van der Waals surface area contributed by atoms with Gasteiger partial charge in [0.05, 0.1) is 8.07 Å². The van der Waals surface area contributed by atoms with Crippen molar-refractivity contribution in [2.75, 3.05) is 0 Å². The number of hydrogen-bond donors (Lipinski definition) is 0. The van der Waals surface area contributed by atoms with Gasteiger partial charge in [-0.1, -0.05) is 99.0 Å². The first kappa shape index (κ1) is 36.2. The molecule has 0 spiro atoms. The summed E-state index contributed by atoms with van der Waals surface area (Å²) in [4.78, 5) is 9.16. The second kappa shape index (κ2) is 15.8. The van der Waals surface area contributed by atoms with Gasteiger partial charge in [0.25, 0.3) is 0 Å². The maximum Gasteiger partial charge on any atom is 0 e. The van der Waals surface area contributed by atoms with Crippen molar-refractivity contribution in [2.24, 2.45) is 5.41 Å². The maximum absolute atomic E-state index is 8.71. The van der Waals surface area contributed by atoms with E-state index in [0.29, 0.717) is 5.56 Å². The van der Waals surface area contributed by atoms with E-state index in [4.69, 9.17) is 2.74 Å². The molecule has 0 fully saturated rings. The van der Waals surface area contributed by atoms with Crippen LogP contribution in [0.4, 0.5) is 0 Å². The van der Waals surface area contributed by atoms with E-state index in [9.17, 15) is 0 Å². The molecule has 0 amide bonds. The number of nitrogens with zero attached hydrogens (tertiary/aromatic N) is 2. The summed E-state index contributed by atoms with van der Waals surface area (Å²) in [5.74, 6) is 7.14. The van der Waals surface area contributed by atoms with Crippen LogP contribution in [-0.4, -0.2) is 31.3 Å². The van der Waals surface area contributed by atoms with Gasteiger partial charge >= 0.3 is 99.8 Å². The molecule has 4 aromatic carbocycles. The second-order valence-corrected chi connectivity index (χ2v) is 32.8. The van der Waals surface area contributed by atoms with Gasteiger partial charge in [-0.2, -0.15) is 11.3 Å². The zero-order valence-corrected chi connectivity index (χ0v) is 37.4. The van der Waals surface area contributed by atoms with E-state index in [1.807, 2.05) is 63.4 Å². The summed E-state index contributed by atoms with van der Waals surface area (Å²) in [5, 5.41) is 3.89. The molecule has 2 nitrogen and oxygen atoms in total. The van der Waals surface area contributed by atoms with Crippen molar-refractivity contribution < 1.29 is 22.8 Å². The van der Waals surface area contributed by atoms with Crippen molar-refractivity contribution in [3.8, 4) is 33.6 Å². The zero-order valence-electron chi connectivity index (χ0n) is 33.1. The fraction of sp³-hybridized carbons (Fsp3) is 0.244. The Labute approximate surface area is 329 Å². The number of thiophene rings is 1. The quantitative estimate of drug-likeness (QED) is 0.123. The number of aromatic nitrogens is 2. The van der Waals surface area contributed by atoms with E-state index in [1.54, 1.807) is 23.6 Å². The van der Waals surface area contributed by atoms with E-state index in [0.717, 1.165) is 27.2 Å². The average molecular weight is 944 g/mol. The summed E-state index contributed by atoms with van der Waals surface area (Å²) < 4.78 is 21.2. The number of pyridine rings is 2. The first-order valence-electron chi connectivity index (χ1n) is 18.3. The Kier molecular flexibility index (Phi) is 11.2. The first-order valence-corrected chi connectivity index (χ1v) is 29.0. The molecule has 0 saturated carbocycles. The summed E-state index contributed by atoms with van der Waals surface area (Å²) in [5.41, 5.74) is 6.35. The second-order valence-electron chi connectivity index (χ2n) is 16.0. The van der Waals surface area contributed by atoms with E-state index in [-0.39, 0.29) is 20.1 Å². The van der Waals surface area contributed by atoms with Gasteiger partial charge < -0.3 is 4.98 Å². The molecule has 6 heteroatoms. The summed E-state index contributed by atoms with van der Waals surface area (Å²) in [6, 6.07) is 42.5. The zero-order chi connectivity index (χ0) is 37.5. The fourth-order valence-corrected chi connectivity index (χ4v) is 10.5. The third-order valence-electron chi connectivity index (χ3n) is 8.67. The standard InChI is InChI=1S/C31H32NSSi.C14H16GeN.Ir/c1-31(2,3)20-21-16-17-32-28(18-21)27-9-7-8-26-25-15-12-23(19-29(25)33-30(26)27)22-10-13-24(14-11-22)34(4,5)6;1-15(2,3)13-9-10-14(16-11-13)12-7-5-4-6-8-12;/h7-8,10-19H,20H2,1-6H3;4-7,9-11H,1-3H3;/q2*-1;/i20D2;;. The molecule has 7 aromatic rings. The van der Waals surface area contributed by atoms with E-state index >= 15 is 0 Å². The van der Waals surface area contributed by atoms with Crippen molar-refractivity contribution in [2.45, 2.75) is 64.1 Å². The Hall–Kier alpha value is -3.19. The van der Waals surface area contributed by atoms with Crippen molar-refractivity contribution in [3.63, 3.8) is 0 Å². The van der Waals surface area contributed by atoms with E-state index < -0.39 is 33.1 Å². The molecule has 0 unspecified atom stereocenters. The number of benzene rings is 4. The van der Waals surface area contributed by atoms with Crippen molar-refractivity contribution >= 4 is 62.4 Å². The molecule has 51 heavy (non-hydrogen) atoms. The molecular weight excluding hydrogens is 893 g/mol. The van der Waals surface area contributed by atoms with Gasteiger partial charge in [0.1, 0.15) is 0 Å². The molecule has 3 heterocycles. The Balaban J connectivity index is 0.000000267. The summed E-state index contributed by atoms with van der Waals surface area (Å²) in [7, 11) is -1.32. The van der Waals surface area contributed by atoms with Gasteiger partial charge in [0.2, 0.25) is 0 Å². The minimum Gasteiger partial charge on any atom is 0 e. The smallest absolute Gasteiger partial charge is 0 e. The van der Waals surface area contributed by atoms with Crippen molar-refractivity contribution in [3.05, 3.63) is 133 Å². The first-order chi connectivity index (χ1) is 24.4. The van der Waals surface area contributed by atoms with Crippen LogP contribution in [-0.2, 0) is 26.5 Å². The van der Waals surface area contributed by atoms with Crippen molar-refractivity contribution in [1.82, 2.24) is 9.97 Å². The number of hydrogen-bond acceptors (Lipinski definition) is 3. The summed E-state index contributed by atoms with van der Waals surface area (Å²) in [6.45, 7) is 12.9. The molecule has 0 N–H and O–H groups in total. The predicted molar refractivity (Wildman–Crippen MR) is 224 cm³/mol. The van der Waals surface area contributed by atoms with Crippen LogP contribution in [0, 0.1) is 17.5 Å². The molecule has 0 atom stereocenters. The van der Waals surface area contributed by atoms with Crippen LogP contribution in [0.5, 0.6) is 0 Å². The minimum absolute atomic E-state index is 0. The monoisotopic (exact) mass is 945 g/mol. The van der Waals surface area contributed by atoms with Crippen LogP contribution < -0.4 is 9.58 Å². The van der Waals surface area contributed by atoms with Crippen LogP contribution in [0.2, 0.25) is 36.9 Å².